The lowest BCUT2D eigenvalue weighted by Crippen LogP contribution is -2.44. The normalized spacial score (nSPS) is 10.9. The SMILES string of the molecule is CCC(C)(C)NC(=O)COc1ccc(C(=O)O)nc1. The maximum absolute atomic E-state index is 11.6. The molecule has 0 aromatic carbocycles. The van der Waals surface area contributed by atoms with Crippen LogP contribution in [0.5, 0.6) is 5.75 Å². The van der Waals surface area contributed by atoms with Crippen molar-refractivity contribution < 1.29 is 19.4 Å². The van der Waals surface area contributed by atoms with Gasteiger partial charge in [-0.3, -0.25) is 4.79 Å². The quantitative estimate of drug-likeness (QED) is 0.813. The number of aromatic nitrogens is 1. The number of pyridine rings is 1. The third-order valence-electron chi connectivity index (χ3n) is 2.69. The van der Waals surface area contributed by atoms with E-state index in [0.717, 1.165) is 6.42 Å². The first-order valence-electron chi connectivity index (χ1n) is 5.97. The third kappa shape index (κ3) is 4.95. The molecular formula is C13H18N2O4. The van der Waals surface area contributed by atoms with Gasteiger partial charge in [-0.1, -0.05) is 6.92 Å². The Labute approximate surface area is 111 Å². The Morgan fingerprint density at radius 2 is 2.11 bits per heavy atom. The van der Waals surface area contributed by atoms with Crippen LogP contribution in [0.1, 0.15) is 37.7 Å². The van der Waals surface area contributed by atoms with Gasteiger partial charge in [0, 0.05) is 5.54 Å². The summed E-state index contributed by atoms with van der Waals surface area (Å²) in [5, 5.41) is 11.5. The molecular weight excluding hydrogens is 248 g/mol. The van der Waals surface area contributed by atoms with Crippen LogP contribution in [-0.2, 0) is 4.79 Å². The van der Waals surface area contributed by atoms with Crippen LogP contribution in [0.4, 0.5) is 0 Å². The molecule has 0 radical (unpaired) electrons. The molecule has 0 atom stereocenters. The summed E-state index contributed by atoms with van der Waals surface area (Å²) in [6.07, 6.45) is 2.09. The molecule has 104 valence electrons. The number of hydrogen-bond acceptors (Lipinski definition) is 4. The Morgan fingerprint density at radius 1 is 1.42 bits per heavy atom. The number of carbonyl (C=O) groups is 2. The number of ether oxygens (including phenoxy) is 1. The molecule has 1 rings (SSSR count). The van der Waals surface area contributed by atoms with Crippen LogP contribution < -0.4 is 10.1 Å². The van der Waals surface area contributed by atoms with Crippen molar-refractivity contribution in [2.24, 2.45) is 0 Å². The van der Waals surface area contributed by atoms with Crippen LogP contribution in [0.2, 0.25) is 0 Å². The van der Waals surface area contributed by atoms with E-state index in [9.17, 15) is 9.59 Å². The summed E-state index contributed by atoms with van der Waals surface area (Å²) in [5.74, 6) is -0.974. The molecule has 0 unspecified atom stereocenters. The number of carboxylic acids is 1. The second kappa shape index (κ2) is 6.17. The summed E-state index contributed by atoms with van der Waals surface area (Å²) >= 11 is 0. The maximum atomic E-state index is 11.6. The summed E-state index contributed by atoms with van der Waals surface area (Å²) in [6, 6.07) is 2.79. The fourth-order valence-corrected chi connectivity index (χ4v) is 1.24. The zero-order valence-electron chi connectivity index (χ0n) is 11.3. The topological polar surface area (TPSA) is 88.5 Å². The van der Waals surface area contributed by atoms with Gasteiger partial charge in [0.15, 0.2) is 6.61 Å². The monoisotopic (exact) mass is 266 g/mol. The van der Waals surface area contributed by atoms with Crippen molar-refractivity contribution in [1.82, 2.24) is 10.3 Å². The molecule has 6 nitrogen and oxygen atoms in total. The molecule has 19 heavy (non-hydrogen) atoms. The average molecular weight is 266 g/mol. The van der Waals surface area contributed by atoms with E-state index < -0.39 is 5.97 Å². The number of carbonyl (C=O) groups excluding carboxylic acids is 1. The predicted octanol–water partition coefficient (Wildman–Crippen LogP) is 1.46. The van der Waals surface area contributed by atoms with Gasteiger partial charge in [-0.2, -0.15) is 0 Å². The number of aromatic carboxylic acids is 1. The molecule has 0 aliphatic carbocycles. The molecule has 0 saturated heterocycles. The van der Waals surface area contributed by atoms with Crippen molar-refractivity contribution in [2.45, 2.75) is 32.7 Å². The summed E-state index contributed by atoms with van der Waals surface area (Å²) in [6.45, 7) is 5.70. The van der Waals surface area contributed by atoms with Crippen molar-refractivity contribution in [3.63, 3.8) is 0 Å². The summed E-state index contributed by atoms with van der Waals surface area (Å²) in [7, 11) is 0. The fraction of sp³-hybridized carbons (Fsp3) is 0.462. The average Bonchev–Trinajstić information content (AvgIpc) is 2.36. The summed E-state index contributed by atoms with van der Waals surface area (Å²) < 4.78 is 5.23. The maximum Gasteiger partial charge on any atom is 0.354 e. The third-order valence-corrected chi connectivity index (χ3v) is 2.69. The molecule has 1 aromatic rings. The minimum Gasteiger partial charge on any atom is -0.482 e. The van der Waals surface area contributed by atoms with Gasteiger partial charge >= 0.3 is 5.97 Å². The lowest BCUT2D eigenvalue weighted by molar-refractivity contribution is -0.124. The molecule has 1 heterocycles. The van der Waals surface area contributed by atoms with E-state index in [2.05, 4.69) is 10.3 Å². The van der Waals surface area contributed by atoms with Gasteiger partial charge in [0.25, 0.3) is 5.91 Å². The molecule has 2 N–H and O–H groups in total. The van der Waals surface area contributed by atoms with Crippen LogP contribution in [-0.4, -0.2) is 34.1 Å². The van der Waals surface area contributed by atoms with E-state index in [1.807, 2.05) is 20.8 Å². The molecule has 0 spiro atoms. The minimum atomic E-state index is -1.10. The fourth-order valence-electron chi connectivity index (χ4n) is 1.24. The highest BCUT2D eigenvalue weighted by molar-refractivity contribution is 5.85. The zero-order chi connectivity index (χ0) is 14.5. The molecule has 1 aromatic heterocycles. The van der Waals surface area contributed by atoms with Gasteiger partial charge in [0.05, 0.1) is 6.20 Å². The lowest BCUT2D eigenvalue weighted by atomic mass is 10.0. The highest BCUT2D eigenvalue weighted by atomic mass is 16.5. The van der Waals surface area contributed by atoms with Gasteiger partial charge in [0.1, 0.15) is 11.4 Å². The second-order valence-corrected chi connectivity index (χ2v) is 4.76. The van der Waals surface area contributed by atoms with Gasteiger partial charge < -0.3 is 15.2 Å². The van der Waals surface area contributed by atoms with E-state index in [1.165, 1.54) is 18.3 Å². The van der Waals surface area contributed by atoms with Crippen LogP contribution in [0, 0.1) is 0 Å². The van der Waals surface area contributed by atoms with Gasteiger partial charge in [-0.15, -0.1) is 0 Å². The smallest absolute Gasteiger partial charge is 0.354 e. The highest BCUT2D eigenvalue weighted by Gasteiger charge is 2.17. The van der Waals surface area contributed by atoms with E-state index in [0.29, 0.717) is 5.75 Å². The van der Waals surface area contributed by atoms with Crippen molar-refractivity contribution in [3.05, 3.63) is 24.0 Å². The number of carboxylic acid groups (broad SMARTS) is 1. The Bertz CT molecular complexity index is 454. The Balaban J connectivity index is 2.48. The number of rotatable bonds is 6. The van der Waals surface area contributed by atoms with Gasteiger partial charge in [-0.25, -0.2) is 9.78 Å². The van der Waals surface area contributed by atoms with E-state index in [1.54, 1.807) is 0 Å². The van der Waals surface area contributed by atoms with E-state index in [4.69, 9.17) is 9.84 Å². The zero-order valence-corrected chi connectivity index (χ0v) is 11.3. The Kier molecular flexibility index (Phi) is 4.86. The van der Waals surface area contributed by atoms with Crippen LogP contribution >= 0.6 is 0 Å². The van der Waals surface area contributed by atoms with Crippen LogP contribution in [0.3, 0.4) is 0 Å². The Hall–Kier alpha value is -2.11. The van der Waals surface area contributed by atoms with Crippen molar-refractivity contribution in [3.8, 4) is 5.75 Å². The number of amides is 1. The van der Waals surface area contributed by atoms with Crippen LogP contribution in [0.15, 0.2) is 18.3 Å². The second-order valence-electron chi connectivity index (χ2n) is 4.76. The molecule has 0 fully saturated rings. The first kappa shape index (κ1) is 14.9. The predicted molar refractivity (Wildman–Crippen MR) is 69.2 cm³/mol. The highest BCUT2D eigenvalue weighted by Crippen LogP contribution is 2.10. The van der Waals surface area contributed by atoms with Gasteiger partial charge in [0.2, 0.25) is 0 Å². The molecule has 6 heteroatoms. The van der Waals surface area contributed by atoms with Crippen molar-refractivity contribution in [1.29, 1.82) is 0 Å². The number of nitrogens with one attached hydrogen (secondary N) is 1. The van der Waals surface area contributed by atoms with E-state index in [-0.39, 0.29) is 23.7 Å². The standard InChI is InChI=1S/C13H18N2O4/c1-4-13(2,3)15-11(16)8-19-9-5-6-10(12(17)18)14-7-9/h5-7H,4,8H2,1-3H3,(H,15,16)(H,17,18). The minimum absolute atomic E-state index is 0.0658. The number of nitrogens with zero attached hydrogens (tertiary/aromatic N) is 1. The first-order valence-corrected chi connectivity index (χ1v) is 5.97. The summed E-state index contributed by atoms with van der Waals surface area (Å²) in [5.41, 5.74) is -0.338. The van der Waals surface area contributed by atoms with Crippen molar-refractivity contribution >= 4 is 11.9 Å². The molecule has 0 saturated carbocycles. The largest absolute Gasteiger partial charge is 0.482 e. The first-order chi connectivity index (χ1) is 8.84. The lowest BCUT2D eigenvalue weighted by Gasteiger charge is -2.24. The molecule has 0 bridgehead atoms. The molecule has 1 amide bonds. The number of hydrogen-bond donors (Lipinski definition) is 2. The van der Waals surface area contributed by atoms with Crippen molar-refractivity contribution in [2.75, 3.05) is 6.61 Å². The van der Waals surface area contributed by atoms with E-state index >= 15 is 0 Å². The molecule has 0 aliphatic rings. The van der Waals surface area contributed by atoms with Gasteiger partial charge in [-0.05, 0) is 32.4 Å². The Morgan fingerprint density at radius 3 is 2.58 bits per heavy atom. The summed E-state index contributed by atoms with van der Waals surface area (Å²) in [4.78, 5) is 25.9. The van der Waals surface area contributed by atoms with Crippen LogP contribution in [0.25, 0.3) is 0 Å². The molecule has 0 aliphatic heterocycles.